The van der Waals surface area contributed by atoms with Gasteiger partial charge in [0.25, 0.3) is 0 Å². The number of nitrogens with one attached hydrogen (secondary N) is 1. The van der Waals surface area contributed by atoms with Crippen LogP contribution in [-0.2, 0) is 11.3 Å². The third kappa shape index (κ3) is 5.68. The highest BCUT2D eigenvalue weighted by molar-refractivity contribution is 5.78. The Labute approximate surface area is 134 Å². The molecule has 1 aromatic carbocycles. The van der Waals surface area contributed by atoms with E-state index >= 15 is 0 Å². The van der Waals surface area contributed by atoms with Gasteiger partial charge in [0.15, 0.2) is 0 Å². The lowest BCUT2D eigenvalue weighted by molar-refractivity contribution is -0.122. The predicted octanol–water partition coefficient (Wildman–Crippen LogP) is 2.63. The first-order valence-electron chi connectivity index (χ1n) is 8.40. The summed E-state index contributed by atoms with van der Waals surface area (Å²) in [5, 5.41) is 3.04. The fourth-order valence-corrected chi connectivity index (χ4v) is 2.84. The minimum absolute atomic E-state index is 0.136. The molecule has 0 aliphatic carbocycles. The number of rotatable bonds is 5. The molecule has 0 aromatic heterocycles. The van der Waals surface area contributed by atoms with E-state index in [-0.39, 0.29) is 5.91 Å². The maximum Gasteiger partial charge on any atom is 0.234 e. The van der Waals surface area contributed by atoms with E-state index in [4.69, 9.17) is 0 Å². The zero-order valence-corrected chi connectivity index (χ0v) is 14.0. The summed E-state index contributed by atoms with van der Waals surface area (Å²) >= 11 is 0. The van der Waals surface area contributed by atoms with Crippen molar-refractivity contribution in [1.82, 2.24) is 10.2 Å². The van der Waals surface area contributed by atoms with E-state index in [9.17, 15) is 4.79 Å². The SMILES string of the molecule is CN(C)c1ccc(CNC(=O)CN2CCCCCCC2)cc1. The zero-order chi connectivity index (χ0) is 15.8. The lowest BCUT2D eigenvalue weighted by Crippen LogP contribution is -2.38. The molecule has 0 unspecified atom stereocenters. The van der Waals surface area contributed by atoms with Crippen LogP contribution in [0, 0.1) is 0 Å². The zero-order valence-electron chi connectivity index (χ0n) is 14.0. The van der Waals surface area contributed by atoms with Crippen molar-refractivity contribution in [1.29, 1.82) is 0 Å². The van der Waals surface area contributed by atoms with Crippen molar-refractivity contribution in [2.45, 2.75) is 38.6 Å². The number of nitrogens with zero attached hydrogens (tertiary/aromatic N) is 2. The van der Waals surface area contributed by atoms with E-state index in [2.05, 4.69) is 39.4 Å². The molecule has 1 amide bonds. The van der Waals surface area contributed by atoms with Crippen LogP contribution in [0.3, 0.4) is 0 Å². The number of likely N-dealkylation sites (tertiary alicyclic amines) is 1. The Kier molecular flexibility index (Phi) is 6.72. The molecule has 2 rings (SSSR count). The molecule has 22 heavy (non-hydrogen) atoms. The summed E-state index contributed by atoms with van der Waals surface area (Å²) in [5.74, 6) is 0.136. The fourth-order valence-electron chi connectivity index (χ4n) is 2.84. The normalized spacial score (nSPS) is 16.6. The Morgan fingerprint density at radius 2 is 1.64 bits per heavy atom. The Balaban J connectivity index is 1.74. The lowest BCUT2D eigenvalue weighted by atomic mass is 10.1. The van der Waals surface area contributed by atoms with Crippen LogP contribution in [0.2, 0.25) is 0 Å². The second kappa shape index (κ2) is 8.79. The van der Waals surface area contributed by atoms with Crippen LogP contribution in [0.1, 0.15) is 37.7 Å². The Hall–Kier alpha value is -1.55. The fraction of sp³-hybridized carbons (Fsp3) is 0.611. The van der Waals surface area contributed by atoms with Crippen LogP contribution in [-0.4, -0.2) is 44.5 Å². The maximum absolute atomic E-state index is 12.1. The first-order chi connectivity index (χ1) is 10.6. The molecule has 4 heteroatoms. The third-order valence-electron chi connectivity index (χ3n) is 4.26. The quantitative estimate of drug-likeness (QED) is 0.908. The minimum Gasteiger partial charge on any atom is -0.378 e. The van der Waals surface area contributed by atoms with E-state index < -0.39 is 0 Å². The summed E-state index contributed by atoms with van der Waals surface area (Å²) in [5.41, 5.74) is 2.32. The predicted molar refractivity (Wildman–Crippen MR) is 92.1 cm³/mol. The van der Waals surface area contributed by atoms with Gasteiger partial charge in [-0.15, -0.1) is 0 Å². The van der Waals surface area contributed by atoms with E-state index in [1.165, 1.54) is 37.8 Å². The van der Waals surface area contributed by atoms with Crippen molar-refractivity contribution in [2.24, 2.45) is 0 Å². The van der Waals surface area contributed by atoms with Gasteiger partial charge in [0, 0.05) is 26.3 Å². The Bertz CT molecular complexity index is 448. The summed E-state index contributed by atoms with van der Waals surface area (Å²) in [6.07, 6.45) is 6.40. The monoisotopic (exact) mass is 303 g/mol. The van der Waals surface area contributed by atoms with Crippen LogP contribution in [0.4, 0.5) is 5.69 Å². The topological polar surface area (TPSA) is 35.6 Å². The molecule has 1 aromatic rings. The van der Waals surface area contributed by atoms with Crippen molar-refractivity contribution in [2.75, 3.05) is 38.6 Å². The average Bonchev–Trinajstić information content (AvgIpc) is 2.48. The summed E-state index contributed by atoms with van der Waals surface area (Å²) in [6, 6.07) is 8.32. The average molecular weight is 303 g/mol. The van der Waals surface area contributed by atoms with Gasteiger partial charge in [-0.2, -0.15) is 0 Å². The molecule has 1 fully saturated rings. The number of amides is 1. The molecule has 0 bridgehead atoms. The summed E-state index contributed by atoms with van der Waals surface area (Å²) < 4.78 is 0. The molecule has 0 saturated carbocycles. The van der Waals surface area contributed by atoms with Crippen molar-refractivity contribution in [3.63, 3.8) is 0 Å². The number of benzene rings is 1. The first-order valence-corrected chi connectivity index (χ1v) is 8.40. The number of carbonyl (C=O) groups is 1. The highest BCUT2D eigenvalue weighted by Gasteiger charge is 2.12. The molecule has 1 heterocycles. The number of hydrogen-bond donors (Lipinski definition) is 1. The molecular weight excluding hydrogens is 274 g/mol. The molecule has 0 spiro atoms. The third-order valence-corrected chi connectivity index (χ3v) is 4.26. The standard InChI is InChI=1S/C18H29N3O/c1-20(2)17-10-8-16(9-11-17)14-19-18(22)15-21-12-6-4-3-5-7-13-21/h8-11H,3-7,12-15H2,1-2H3,(H,19,22). The molecule has 1 N–H and O–H groups in total. The van der Waals surface area contributed by atoms with E-state index in [0.717, 1.165) is 18.7 Å². The summed E-state index contributed by atoms with van der Waals surface area (Å²) in [7, 11) is 4.06. The lowest BCUT2D eigenvalue weighted by Gasteiger charge is -2.23. The van der Waals surface area contributed by atoms with Crippen LogP contribution >= 0.6 is 0 Å². The highest BCUT2D eigenvalue weighted by atomic mass is 16.2. The molecule has 0 atom stereocenters. The van der Waals surface area contributed by atoms with Crippen LogP contribution in [0.5, 0.6) is 0 Å². The first kappa shape index (κ1) is 16.8. The van der Waals surface area contributed by atoms with Gasteiger partial charge < -0.3 is 10.2 Å². The van der Waals surface area contributed by atoms with Gasteiger partial charge in [0.05, 0.1) is 6.54 Å². The van der Waals surface area contributed by atoms with E-state index in [1.807, 2.05) is 14.1 Å². The number of carbonyl (C=O) groups excluding carboxylic acids is 1. The van der Waals surface area contributed by atoms with Crippen molar-refractivity contribution in [3.8, 4) is 0 Å². The second-order valence-electron chi connectivity index (χ2n) is 6.38. The Morgan fingerprint density at radius 3 is 2.23 bits per heavy atom. The Morgan fingerprint density at radius 1 is 1.05 bits per heavy atom. The minimum atomic E-state index is 0.136. The smallest absolute Gasteiger partial charge is 0.234 e. The maximum atomic E-state index is 12.1. The largest absolute Gasteiger partial charge is 0.378 e. The van der Waals surface area contributed by atoms with E-state index in [0.29, 0.717) is 13.1 Å². The molecule has 122 valence electrons. The number of anilines is 1. The van der Waals surface area contributed by atoms with Gasteiger partial charge in [-0.25, -0.2) is 0 Å². The van der Waals surface area contributed by atoms with Gasteiger partial charge >= 0.3 is 0 Å². The van der Waals surface area contributed by atoms with Crippen molar-refractivity contribution < 1.29 is 4.79 Å². The summed E-state index contributed by atoms with van der Waals surface area (Å²) in [6.45, 7) is 3.27. The van der Waals surface area contributed by atoms with Crippen molar-refractivity contribution in [3.05, 3.63) is 29.8 Å². The van der Waals surface area contributed by atoms with Crippen LogP contribution < -0.4 is 10.2 Å². The van der Waals surface area contributed by atoms with Gasteiger partial charge in [-0.05, 0) is 43.6 Å². The van der Waals surface area contributed by atoms with Gasteiger partial charge in [0.1, 0.15) is 0 Å². The van der Waals surface area contributed by atoms with Gasteiger partial charge in [-0.3, -0.25) is 9.69 Å². The molecule has 1 aliphatic rings. The molecule has 1 aliphatic heterocycles. The van der Waals surface area contributed by atoms with Crippen LogP contribution in [0.15, 0.2) is 24.3 Å². The van der Waals surface area contributed by atoms with Crippen LogP contribution in [0.25, 0.3) is 0 Å². The van der Waals surface area contributed by atoms with Gasteiger partial charge in [0.2, 0.25) is 5.91 Å². The second-order valence-corrected chi connectivity index (χ2v) is 6.38. The van der Waals surface area contributed by atoms with Gasteiger partial charge in [-0.1, -0.05) is 31.4 Å². The molecule has 4 nitrogen and oxygen atoms in total. The molecular formula is C18H29N3O. The van der Waals surface area contributed by atoms with Crippen molar-refractivity contribution >= 4 is 11.6 Å². The number of hydrogen-bond acceptors (Lipinski definition) is 3. The van der Waals surface area contributed by atoms with E-state index in [1.54, 1.807) is 0 Å². The molecule has 0 radical (unpaired) electrons. The highest BCUT2D eigenvalue weighted by Crippen LogP contribution is 2.12. The molecule has 1 saturated heterocycles. The summed E-state index contributed by atoms with van der Waals surface area (Å²) in [4.78, 5) is 16.5.